The highest BCUT2D eigenvalue weighted by Crippen LogP contribution is 2.28. The normalized spacial score (nSPS) is 12.3. The minimum atomic E-state index is -0.0733. The van der Waals surface area contributed by atoms with Crippen LogP contribution in [0.25, 0.3) is 0 Å². The third-order valence-corrected chi connectivity index (χ3v) is 2.26. The van der Waals surface area contributed by atoms with Gasteiger partial charge in [-0.25, -0.2) is 0 Å². The second kappa shape index (κ2) is 5.58. The molecule has 0 heterocycles. The molecule has 1 rings (SSSR count). The summed E-state index contributed by atoms with van der Waals surface area (Å²) in [6.45, 7) is 0.711. The molecule has 1 aromatic rings. The van der Waals surface area contributed by atoms with Crippen LogP contribution in [-0.2, 0) is 0 Å². The first-order valence-corrected chi connectivity index (χ1v) is 4.85. The molecule has 1 unspecified atom stereocenters. The average molecular weight is 210 g/mol. The van der Waals surface area contributed by atoms with Gasteiger partial charge >= 0.3 is 0 Å². The van der Waals surface area contributed by atoms with Crippen molar-refractivity contribution in [1.29, 1.82) is 0 Å². The molecule has 3 N–H and O–H groups in total. The van der Waals surface area contributed by atoms with Crippen molar-refractivity contribution < 1.29 is 9.47 Å². The topological polar surface area (TPSA) is 56.5 Å². The third-order valence-electron chi connectivity index (χ3n) is 2.26. The fraction of sp³-hybridized carbons (Fsp3) is 0.455. The molecular formula is C11H18N2O2. The predicted molar refractivity (Wildman–Crippen MR) is 60.4 cm³/mol. The first kappa shape index (κ1) is 11.8. The molecule has 0 radical (unpaired) electrons. The van der Waals surface area contributed by atoms with Gasteiger partial charge in [-0.2, -0.15) is 0 Å². The molecular weight excluding hydrogens is 192 g/mol. The summed E-state index contributed by atoms with van der Waals surface area (Å²) in [6, 6.07) is 5.58. The Morgan fingerprint density at radius 1 is 1.33 bits per heavy atom. The van der Waals surface area contributed by atoms with Crippen molar-refractivity contribution in [3.63, 3.8) is 0 Å². The van der Waals surface area contributed by atoms with Gasteiger partial charge < -0.3 is 20.5 Å². The minimum Gasteiger partial charge on any atom is -0.497 e. The number of rotatable bonds is 5. The summed E-state index contributed by atoms with van der Waals surface area (Å²) in [5.41, 5.74) is 6.97. The second-order valence-electron chi connectivity index (χ2n) is 3.27. The molecule has 0 saturated carbocycles. The quantitative estimate of drug-likeness (QED) is 0.759. The van der Waals surface area contributed by atoms with Crippen molar-refractivity contribution in [2.45, 2.75) is 6.04 Å². The molecule has 0 saturated heterocycles. The van der Waals surface area contributed by atoms with E-state index in [0.29, 0.717) is 6.54 Å². The summed E-state index contributed by atoms with van der Waals surface area (Å²) >= 11 is 0. The van der Waals surface area contributed by atoms with Crippen molar-refractivity contribution in [3.05, 3.63) is 23.8 Å². The summed E-state index contributed by atoms with van der Waals surface area (Å²) in [6.07, 6.45) is 0. The van der Waals surface area contributed by atoms with Gasteiger partial charge in [0.05, 0.1) is 14.2 Å². The van der Waals surface area contributed by atoms with E-state index in [-0.39, 0.29) is 6.04 Å². The van der Waals surface area contributed by atoms with Crippen LogP contribution in [0.5, 0.6) is 11.5 Å². The largest absolute Gasteiger partial charge is 0.497 e. The maximum absolute atomic E-state index is 5.99. The Hall–Kier alpha value is -1.26. The number of nitrogens with two attached hydrogens (primary N) is 1. The highest BCUT2D eigenvalue weighted by molar-refractivity contribution is 5.42. The zero-order chi connectivity index (χ0) is 11.3. The molecule has 0 aliphatic carbocycles. The van der Waals surface area contributed by atoms with Gasteiger partial charge in [-0.05, 0) is 13.1 Å². The van der Waals surface area contributed by atoms with Gasteiger partial charge in [0.1, 0.15) is 11.5 Å². The van der Waals surface area contributed by atoms with E-state index < -0.39 is 0 Å². The standard InChI is InChI=1S/C11H18N2O2/c1-13-7-10(12)9-5-4-8(14-2)6-11(9)15-3/h4-6,10,13H,7,12H2,1-3H3. The van der Waals surface area contributed by atoms with Gasteiger partial charge in [0.25, 0.3) is 0 Å². The Labute approximate surface area is 90.4 Å². The summed E-state index contributed by atoms with van der Waals surface area (Å²) in [4.78, 5) is 0. The van der Waals surface area contributed by atoms with E-state index in [2.05, 4.69) is 5.32 Å². The highest BCUT2D eigenvalue weighted by Gasteiger charge is 2.11. The number of methoxy groups -OCH3 is 2. The zero-order valence-corrected chi connectivity index (χ0v) is 9.41. The molecule has 0 amide bonds. The van der Waals surface area contributed by atoms with Gasteiger partial charge in [-0.15, -0.1) is 0 Å². The fourth-order valence-corrected chi connectivity index (χ4v) is 1.45. The number of nitrogens with one attached hydrogen (secondary N) is 1. The lowest BCUT2D eigenvalue weighted by atomic mass is 10.1. The van der Waals surface area contributed by atoms with Crippen LogP contribution >= 0.6 is 0 Å². The van der Waals surface area contributed by atoms with Crippen molar-refractivity contribution in [1.82, 2.24) is 5.32 Å². The van der Waals surface area contributed by atoms with E-state index in [9.17, 15) is 0 Å². The predicted octanol–water partition coefficient (Wildman–Crippen LogP) is 0.923. The summed E-state index contributed by atoms with van der Waals surface area (Å²) in [5, 5.41) is 3.03. The number of hydrogen-bond acceptors (Lipinski definition) is 4. The molecule has 1 aromatic carbocycles. The summed E-state index contributed by atoms with van der Waals surface area (Å²) < 4.78 is 10.4. The molecule has 0 aliphatic heterocycles. The fourth-order valence-electron chi connectivity index (χ4n) is 1.45. The van der Waals surface area contributed by atoms with Gasteiger partial charge in [0, 0.05) is 24.2 Å². The van der Waals surface area contributed by atoms with E-state index in [0.717, 1.165) is 17.1 Å². The molecule has 4 nitrogen and oxygen atoms in total. The molecule has 0 aliphatic rings. The Morgan fingerprint density at radius 2 is 2.07 bits per heavy atom. The third kappa shape index (κ3) is 2.84. The molecule has 84 valence electrons. The molecule has 0 fully saturated rings. The molecule has 0 spiro atoms. The van der Waals surface area contributed by atoms with Crippen LogP contribution in [0.1, 0.15) is 11.6 Å². The van der Waals surface area contributed by atoms with Crippen molar-refractivity contribution in [2.24, 2.45) is 5.73 Å². The van der Waals surface area contributed by atoms with Crippen molar-refractivity contribution >= 4 is 0 Å². The summed E-state index contributed by atoms with van der Waals surface area (Å²) in [7, 11) is 5.13. The Balaban J connectivity index is 2.96. The van der Waals surface area contributed by atoms with Gasteiger partial charge in [0.2, 0.25) is 0 Å². The minimum absolute atomic E-state index is 0.0733. The zero-order valence-electron chi connectivity index (χ0n) is 9.41. The van der Waals surface area contributed by atoms with Crippen LogP contribution in [0.2, 0.25) is 0 Å². The van der Waals surface area contributed by atoms with Gasteiger partial charge in [0.15, 0.2) is 0 Å². The smallest absolute Gasteiger partial charge is 0.127 e. The molecule has 15 heavy (non-hydrogen) atoms. The van der Waals surface area contributed by atoms with Crippen LogP contribution in [0.3, 0.4) is 0 Å². The van der Waals surface area contributed by atoms with Crippen LogP contribution in [0.4, 0.5) is 0 Å². The van der Waals surface area contributed by atoms with E-state index in [1.807, 2.05) is 25.2 Å². The Bertz CT molecular complexity index is 315. The number of hydrogen-bond donors (Lipinski definition) is 2. The van der Waals surface area contributed by atoms with Gasteiger partial charge in [-0.1, -0.05) is 6.07 Å². The van der Waals surface area contributed by atoms with Crippen LogP contribution in [0.15, 0.2) is 18.2 Å². The van der Waals surface area contributed by atoms with E-state index in [1.165, 1.54) is 0 Å². The van der Waals surface area contributed by atoms with E-state index in [4.69, 9.17) is 15.2 Å². The number of likely N-dealkylation sites (N-methyl/N-ethyl adjacent to an activating group) is 1. The van der Waals surface area contributed by atoms with Crippen molar-refractivity contribution in [2.75, 3.05) is 27.8 Å². The Morgan fingerprint density at radius 3 is 2.60 bits per heavy atom. The molecule has 4 heteroatoms. The van der Waals surface area contributed by atoms with Gasteiger partial charge in [-0.3, -0.25) is 0 Å². The van der Waals surface area contributed by atoms with Crippen LogP contribution in [0, 0.1) is 0 Å². The maximum Gasteiger partial charge on any atom is 0.127 e. The second-order valence-corrected chi connectivity index (χ2v) is 3.27. The lowest BCUT2D eigenvalue weighted by Crippen LogP contribution is -2.24. The van der Waals surface area contributed by atoms with Crippen molar-refractivity contribution in [3.8, 4) is 11.5 Å². The average Bonchev–Trinajstić information content (AvgIpc) is 2.28. The monoisotopic (exact) mass is 210 g/mol. The SMILES string of the molecule is CNCC(N)c1ccc(OC)cc1OC. The maximum atomic E-state index is 5.99. The van der Waals surface area contributed by atoms with E-state index >= 15 is 0 Å². The first-order chi connectivity index (χ1) is 7.22. The number of ether oxygens (including phenoxy) is 2. The highest BCUT2D eigenvalue weighted by atomic mass is 16.5. The number of benzene rings is 1. The first-order valence-electron chi connectivity index (χ1n) is 4.85. The van der Waals surface area contributed by atoms with E-state index in [1.54, 1.807) is 14.2 Å². The van der Waals surface area contributed by atoms with Crippen LogP contribution < -0.4 is 20.5 Å². The molecule has 0 aromatic heterocycles. The molecule has 0 bridgehead atoms. The summed E-state index contributed by atoms with van der Waals surface area (Å²) in [5.74, 6) is 1.53. The van der Waals surface area contributed by atoms with Crippen LogP contribution in [-0.4, -0.2) is 27.8 Å². The lowest BCUT2D eigenvalue weighted by Gasteiger charge is -2.16. The lowest BCUT2D eigenvalue weighted by molar-refractivity contribution is 0.388. The molecule has 1 atom stereocenters. The Kier molecular flexibility index (Phi) is 4.39.